The SMILES string of the molecule is CC1=C\C(C(=O)O)=CC(C)/C(c2ccccc2OCc2ccccc2)=C/C(c2ccc(Oc3ccccc3)cc2)=N\1. The average Bonchev–Trinajstić information content (AvgIpc) is 3.05. The summed E-state index contributed by atoms with van der Waals surface area (Å²) in [5.74, 6) is 0.951. The van der Waals surface area contributed by atoms with E-state index in [0.717, 1.165) is 33.8 Å². The Kier molecular flexibility index (Phi) is 8.55. The lowest BCUT2D eigenvalue weighted by Gasteiger charge is -2.18. The summed E-state index contributed by atoms with van der Waals surface area (Å²) in [5, 5.41) is 9.92. The highest BCUT2D eigenvalue weighted by atomic mass is 16.5. The zero-order valence-electron chi connectivity index (χ0n) is 23.0. The molecule has 0 amide bonds. The standard InChI is InChI=1S/C36H31NO4/c1-25-21-29(36(38)39)22-26(2)37-34(28-17-19-31(20-18-28)41-30-13-7-4-8-14-30)23-33(25)32-15-9-10-16-35(32)40-24-27-11-5-3-6-12-27/h3-23,25H,24H2,1-2H3,(H,38,39)/b26-22+,29-21?,33-23-,37-34+. The van der Waals surface area contributed by atoms with Crippen LogP contribution in [-0.4, -0.2) is 16.8 Å². The molecule has 1 N–H and O–H groups in total. The molecule has 0 aliphatic carbocycles. The number of ether oxygens (including phenoxy) is 2. The molecule has 0 saturated carbocycles. The third kappa shape index (κ3) is 7.08. The number of carboxylic acid groups (broad SMARTS) is 1. The van der Waals surface area contributed by atoms with Gasteiger partial charge in [-0.15, -0.1) is 0 Å². The first kappa shape index (κ1) is 27.4. The highest BCUT2D eigenvalue weighted by Gasteiger charge is 2.19. The Balaban J connectivity index is 1.55. The fraction of sp³-hybridized carbons (Fsp3) is 0.111. The molecule has 204 valence electrons. The first-order valence-corrected chi connectivity index (χ1v) is 13.5. The molecule has 41 heavy (non-hydrogen) atoms. The Bertz CT molecular complexity index is 1630. The summed E-state index contributed by atoms with van der Waals surface area (Å²) in [6.07, 6.45) is 5.41. The molecule has 0 saturated heterocycles. The molecule has 1 unspecified atom stereocenters. The number of nitrogens with zero attached hydrogens (tertiary/aromatic N) is 1. The average molecular weight is 542 g/mol. The van der Waals surface area contributed by atoms with E-state index in [-0.39, 0.29) is 11.5 Å². The van der Waals surface area contributed by atoms with E-state index < -0.39 is 5.97 Å². The molecule has 5 heteroatoms. The van der Waals surface area contributed by atoms with Crippen molar-refractivity contribution >= 4 is 17.3 Å². The Labute approximate surface area is 240 Å². The van der Waals surface area contributed by atoms with Crippen LogP contribution >= 0.6 is 0 Å². The van der Waals surface area contributed by atoms with E-state index in [1.165, 1.54) is 0 Å². The van der Waals surface area contributed by atoms with Gasteiger partial charge in [-0.25, -0.2) is 4.79 Å². The number of aliphatic imine (C=N–C) groups is 1. The quantitative estimate of drug-likeness (QED) is 0.243. The number of carboxylic acids is 1. The van der Waals surface area contributed by atoms with Crippen LogP contribution in [0, 0.1) is 5.92 Å². The maximum Gasteiger partial charge on any atom is 0.335 e. The third-order valence-electron chi connectivity index (χ3n) is 6.68. The van der Waals surface area contributed by atoms with Crippen LogP contribution < -0.4 is 9.47 Å². The molecule has 0 spiro atoms. The highest BCUT2D eigenvalue weighted by molar-refractivity contribution is 6.13. The van der Waals surface area contributed by atoms with E-state index >= 15 is 0 Å². The minimum atomic E-state index is -0.995. The molecular weight excluding hydrogens is 510 g/mol. The molecule has 4 aromatic rings. The summed E-state index contributed by atoms with van der Waals surface area (Å²) in [6, 6.07) is 35.2. The van der Waals surface area contributed by atoms with Gasteiger partial charge in [0.25, 0.3) is 0 Å². The highest BCUT2D eigenvalue weighted by Crippen LogP contribution is 2.35. The van der Waals surface area contributed by atoms with E-state index in [0.29, 0.717) is 23.8 Å². The van der Waals surface area contributed by atoms with E-state index in [4.69, 9.17) is 14.5 Å². The summed E-state index contributed by atoms with van der Waals surface area (Å²) in [6.45, 7) is 4.22. The third-order valence-corrected chi connectivity index (χ3v) is 6.68. The largest absolute Gasteiger partial charge is 0.488 e. The van der Waals surface area contributed by atoms with Crippen LogP contribution in [0.4, 0.5) is 0 Å². The lowest BCUT2D eigenvalue weighted by atomic mass is 9.89. The minimum Gasteiger partial charge on any atom is -0.488 e. The van der Waals surface area contributed by atoms with Gasteiger partial charge in [-0.05, 0) is 72.7 Å². The number of hydrogen-bond acceptors (Lipinski definition) is 4. The van der Waals surface area contributed by atoms with Gasteiger partial charge in [0.2, 0.25) is 0 Å². The van der Waals surface area contributed by atoms with E-state index in [1.54, 1.807) is 12.2 Å². The molecular formula is C36H31NO4. The number of benzene rings is 4. The van der Waals surface area contributed by atoms with Crippen molar-refractivity contribution in [3.63, 3.8) is 0 Å². The van der Waals surface area contributed by atoms with Crippen molar-refractivity contribution in [1.29, 1.82) is 0 Å². The van der Waals surface area contributed by atoms with Crippen LogP contribution in [0.5, 0.6) is 17.2 Å². The fourth-order valence-corrected chi connectivity index (χ4v) is 4.65. The van der Waals surface area contributed by atoms with Crippen LogP contribution in [0.25, 0.3) is 5.57 Å². The fourth-order valence-electron chi connectivity index (χ4n) is 4.65. The Hall–Kier alpha value is -5.16. The van der Waals surface area contributed by atoms with Crippen LogP contribution in [0.15, 0.2) is 144 Å². The molecule has 1 heterocycles. The van der Waals surface area contributed by atoms with Crippen LogP contribution in [0.1, 0.15) is 30.5 Å². The number of aliphatic carboxylic acids is 1. The zero-order valence-corrected chi connectivity index (χ0v) is 23.0. The van der Waals surface area contributed by atoms with Crippen LogP contribution in [-0.2, 0) is 11.4 Å². The van der Waals surface area contributed by atoms with Crippen molar-refractivity contribution in [2.24, 2.45) is 10.9 Å². The van der Waals surface area contributed by atoms with Gasteiger partial charge >= 0.3 is 5.97 Å². The maximum atomic E-state index is 12.1. The van der Waals surface area contributed by atoms with Gasteiger partial charge in [0.15, 0.2) is 0 Å². The topological polar surface area (TPSA) is 68.1 Å². The van der Waals surface area contributed by atoms with Crippen molar-refractivity contribution in [1.82, 2.24) is 0 Å². The number of rotatable bonds is 8. The van der Waals surface area contributed by atoms with E-state index in [2.05, 4.69) is 0 Å². The van der Waals surface area contributed by atoms with Crippen molar-refractivity contribution in [3.8, 4) is 17.2 Å². The van der Waals surface area contributed by atoms with Crippen molar-refractivity contribution in [2.45, 2.75) is 20.5 Å². The predicted octanol–water partition coefficient (Wildman–Crippen LogP) is 8.50. The second-order valence-electron chi connectivity index (χ2n) is 9.81. The molecule has 1 aliphatic heterocycles. The molecule has 1 atom stereocenters. The monoisotopic (exact) mass is 541 g/mol. The van der Waals surface area contributed by atoms with Gasteiger partial charge in [0.1, 0.15) is 23.9 Å². The van der Waals surface area contributed by atoms with E-state index in [1.807, 2.05) is 129 Å². The number of carbonyl (C=O) groups is 1. The van der Waals surface area contributed by atoms with Gasteiger partial charge < -0.3 is 14.6 Å². The van der Waals surface area contributed by atoms with Gasteiger partial charge in [0, 0.05) is 22.7 Å². The second kappa shape index (κ2) is 12.8. The molecule has 4 aromatic carbocycles. The Morgan fingerprint density at radius 3 is 2.15 bits per heavy atom. The van der Waals surface area contributed by atoms with Crippen LogP contribution in [0.3, 0.4) is 0 Å². The van der Waals surface area contributed by atoms with Crippen molar-refractivity contribution in [2.75, 3.05) is 0 Å². The molecule has 0 bridgehead atoms. The molecule has 0 aromatic heterocycles. The van der Waals surface area contributed by atoms with Gasteiger partial charge in [-0.2, -0.15) is 0 Å². The van der Waals surface area contributed by atoms with E-state index in [9.17, 15) is 9.90 Å². The smallest absolute Gasteiger partial charge is 0.335 e. The van der Waals surface area contributed by atoms with Gasteiger partial charge in [-0.1, -0.05) is 79.7 Å². The van der Waals surface area contributed by atoms with Crippen LogP contribution in [0.2, 0.25) is 0 Å². The zero-order chi connectivity index (χ0) is 28.6. The maximum absolute atomic E-state index is 12.1. The normalized spacial score (nSPS) is 19.0. The molecule has 0 fully saturated rings. The molecule has 1 aliphatic rings. The summed E-state index contributed by atoms with van der Waals surface area (Å²) in [4.78, 5) is 17.0. The number of allylic oxidation sites excluding steroid dienone is 4. The summed E-state index contributed by atoms with van der Waals surface area (Å²) in [7, 11) is 0. The second-order valence-corrected chi connectivity index (χ2v) is 9.81. The summed E-state index contributed by atoms with van der Waals surface area (Å²) in [5.41, 5.74) is 5.23. The lowest BCUT2D eigenvalue weighted by Crippen LogP contribution is -2.06. The molecule has 0 radical (unpaired) electrons. The summed E-state index contributed by atoms with van der Waals surface area (Å²) < 4.78 is 12.3. The minimum absolute atomic E-state index is 0.195. The number of hydrogen-bond donors (Lipinski definition) is 1. The summed E-state index contributed by atoms with van der Waals surface area (Å²) >= 11 is 0. The van der Waals surface area contributed by atoms with Gasteiger partial charge in [0.05, 0.1) is 11.3 Å². The number of para-hydroxylation sites is 2. The molecule has 5 rings (SSSR count). The van der Waals surface area contributed by atoms with Gasteiger partial charge in [-0.3, -0.25) is 4.99 Å². The van der Waals surface area contributed by atoms with Crippen molar-refractivity contribution < 1.29 is 19.4 Å². The first-order chi connectivity index (χ1) is 20.0. The molecule has 5 nitrogen and oxygen atoms in total. The Morgan fingerprint density at radius 1 is 0.805 bits per heavy atom. The first-order valence-electron chi connectivity index (χ1n) is 13.5. The Morgan fingerprint density at radius 2 is 1.44 bits per heavy atom. The lowest BCUT2D eigenvalue weighted by molar-refractivity contribution is -0.132. The van der Waals surface area contributed by atoms with Crippen molar-refractivity contribution in [3.05, 3.63) is 155 Å². The predicted molar refractivity (Wildman–Crippen MR) is 163 cm³/mol.